The standard InChI is InChI=1S/C28H32N4O4S/c1-5-8-25-31-32-26(29)22(27(33)30-28(32)37-25)16-20-9-10-23(24(17-20)34-7-3)36-12-11-35-21-14-18(4)13-19(6-2)15-21/h9-10,13-17,29H,5-8,11-12H2,1-4H3/b22-16-,29-26?. The number of amides is 1. The van der Waals surface area contributed by atoms with Crippen molar-refractivity contribution in [1.82, 2.24) is 5.01 Å². The number of aryl methyl sites for hydroxylation is 2. The van der Waals surface area contributed by atoms with Gasteiger partial charge in [0.2, 0.25) is 5.17 Å². The molecule has 0 saturated heterocycles. The zero-order valence-corrected chi connectivity index (χ0v) is 22.5. The quantitative estimate of drug-likeness (QED) is 0.296. The number of carbonyl (C=O) groups is 1. The van der Waals surface area contributed by atoms with E-state index in [0.29, 0.717) is 42.1 Å². The third-order valence-electron chi connectivity index (χ3n) is 5.67. The van der Waals surface area contributed by atoms with Gasteiger partial charge in [0, 0.05) is 0 Å². The lowest BCUT2D eigenvalue weighted by molar-refractivity contribution is -0.114. The highest BCUT2D eigenvalue weighted by Gasteiger charge is 2.35. The molecule has 0 radical (unpaired) electrons. The molecule has 194 valence electrons. The first-order valence-corrected chi connectivity index (χ1v) is 13.4. The first kappa shape index (κ1) is 26.5. The Morgan fingerprint density at radius 3 is 2.59 bits per heavy atom. The van der Waals surface area contributed by atoms with Gasteiger partial charge in [-0.2, -0.15) is 15.1 Å². The van der Waals surface area contributed by atoms with E-state index in [-0.39, 0.29) is 11.4 Å². The number of amidine groups is 2. The molecule has 2 aliphatic heterocycles. The summed E-state index contributed by atoms with van der Waals surface area (Å²) in [5.74, 6) is 1.54. The van der Waals surface area contributed by atoms with Crippen LogP contribution in [-0.4, -0.2) is 46.8 Å². The topological polar surface area (TPSA) is 96.6 Å². The third-order valence-corrected chi connectivity index (χ3v) is 6.64. The number of hydrogen-bond acceptors (Lipinski definition) is 7. The van der Waals surface area contributed by atoms with Crippen LogP contribution in [0.4, 0.5) is 0 Å². The number of aliphatic imine (C=N–C) groups is 1. The lowest BCUT2D eigenvalue weighted by Crippen LogP contribution is -2.35. The van der Waals surface area contributed by atoms with Crippen LogP contribution in [0.2, 0.25) is 0 Å². The minimum atomic E-state index is -0.450. The van der Waals surface area contributed by atoms with E-state index in [4.69, 9.17) is 19.6 Å². The molecule has 4 rings (SSSR count). The highest BCUT2D eigenvalue weighted by atomic mass is 32.2. The molecule has 1 amide bonds. The summed E-state index contributed by atoms with van der Waals surface area (Å²) in [6, 6.07) is 11.6. The lowest BCUT2D eigenvalue weighted by Gasteiger charge is -2.20. The number of hydrazone groups is 1. The van der Waals surface area contributed by atoms with Gasteiger partial charge in [-0.25, -0.2) is 0 Å². The Balaban J connectivity index is 1.45. The molecule has 0 aliphatic carbocycles. The molecule has 1 N–H and O–H groups in total. The predicted molar refractivity (Wildman–Crippen MR) is 149 cm³/mol. The van der Waals surface area contributed by atoms with E-state index in [2.05, 4.69) is 43.0 Å². The van der Waals surface area contributed by atoms with Gasteiger partial charge in [0.25, 0.3) is 5.91 Å². The Bertz CT molecular complexity index is 1280. The molecule has 0 bridgehead atoms. The number of nitrogens with one attached hydrogen (secondary N) is 1. The second kappa shape index (κ2) is 12.1. The number of nitrogens with zero attached hydrogens (tertiary/aromatic N) is 3. The smallest absolute Gasteiger partial charge is 0.283 e. The van der Waals surface area contributed by atoms with Gasteiger partial charge in [0.1, 0.15) is 24.0 Å². The molecule has 0 saturated carbocycles. The maximum absolute atomic E-state index is 12.7. The molecule has 2 aromatic carbocycles. The second-order valence-electron chi connectivity index (χ2n) is 8.61. The molecule has 0 atom stereocenters. The molecule has 9 heteroatoms. The van der Waals surface area contributed by atoms with Crippen molar-refractivity contribution in [2.75, 3.05) is 19.8 Å². The van der Waals surface area contributed by atoms with Gasteiger partial charge < -0.3 is 14.2 Å². The van der Waals surface area contributed by atoms with E-state index in [9.17, 15) is 4.79 Å². The van der Waals surface area contributed by atoms with Gasteiger partial charge >= 0.3 is 0 Å². The Morgan fingerprint density at radius 1 is 1.03 bits per heavy atom. The maximum Gasteiger partial charge on any atom is 0.283 e. The number of fused-ring (bicyclic) bond motifs is 1. The fraction of sp³-hybridized carbons (Fsp3) is 0.357. The Labute approximate surface area is 221 Å². The first-order chi connectivity index (χ1) is 17.9. The summed E-state index contributed by atoms with van der Waals surface area (Å²) in [4.78, 5) is 16.8. The first-order valence-electron chi connectivity index (χ1n) is 12.5. The van der Waals surface area contributed by atoms with Crippen molar-refractivity contribution in [3.8, 4) is 17.2 Å². The van der Waals surface area contributed by atoms with Crippen LogP contribution < -0.4 is 14.2 Å². The number of thioether (sulfide) groups is 1. The van der Waals surface area contributed by atoms with Gasteiger partial charge in [-0.3, -0.25) is 10.2 Å². The highest BCUT2D eigenvalue weighted by molar-refractivity contribution is 8.26. The van der Waals surface area contributed by atoms with Crippen LogP contribution in [0.5, 0.6) is 17.2 Å². The average molecular weight is 521 g/mol. The predicted octanol–water partition coefficient (Wildman–Crippen LogP) is 5.83. The van der Waals surface area contributed by atoms with Crippen LogP contribution in [0.25, 0.3) is 6.08 Å². The van der Waals surface area contributed by atoms with Gasteiger partial charge in [0.15, 0.2) is 17.3 Å². The second-order valence-corrected chi connectivity index (χ2v) is 9.65. The Kier molecular flexibility index (Phi) is 8.66. The molecule has 2 heterocycles. The maximum atomic E-state index is 12.7. The summed E-state index contributed by atoms with van der Waals surface area (Å²) in [6.45, 7) is 9.34. The van der Waals surface area contributed by atoms with Gasteiger partial charge in [0.05, 0.1) is 12.2 Å². The van der Waals surface area contributed by atoms with E-state index < -0.39 is 5.91 Å². The van der Waals surface area contributed by atoms with Crippen LogP contribution in [0, 0.1) is 12.3 Å². The van der Waals surface area contributed by atoms with E-state index >= 15 is 0 Å². The summed E-state index contributed by atoms with van der Waals surface area (Å²) < 4.78 is 17.6. The van der Waals surface area contributed by atoms with Crippen LogP contribution in [-0.2, 0) is 11.2 Å². The number of rotatable bonds is 11. The Hall–Kier alpha value is -3.59. The summed E-state index contributed by atoms with van der Waals surface area (Å²) in [5.41, 5.74) is 3.29. The zero-order valence-electron chi connectivity index (χ0n) is 21.7. The van der Waals surface area contributed by atoms with Crippen LogP contribution >= 0.6 is 11.8 Å². The number of hydrogen-bond donors (Lipinski definition) is 1. The summed E-state index contributed by atoms with van der Waals surface area (Å²) >= 11 is 1.35. The van der Waals surface area contributed by atoms with E-state index in [1.54, 1.807) is 18.2 Å². The largest absolute Gasteiger partial charge is 0.490 e. The van der Waals surface area contributed by atoms with Crippen molar-refractivity contribution in [2.45, 2.75) is 47.0 Å². The summed E-state index contributed by atoms with van der Waals surface area (Å²) in [5, 5.41) is 15.7. The molecule has 0 spiro atoms. The molecule has 0 aromatic heterocycles. The molecule has 2 aliphatic rings. The van der Waals surface area contributed by atoms with Crippen LogP contribution in [0.15, 0.2) is 52.1 Å². The highest BCUT2D eigenvalue weighted by Crippen LogP contribution is 2.32. The number of ether oxygens (including phenoxy) is 3. The normalized spacial score (nSPS) is 16.0. The van der Waals surface area contributed by atoms with Crippen molar-refractivity contribution in [3.63, 3.8) is 0 Å². The number of benzene rings is 2. The van der Waals surface area contributed by atoms with E-state index in [1.165, 1.54) is 27.9 Å². The molecule has 8 nitrogen and oxygen atoms in total. The van der Waals surface area contributed by atoms with Crippen molar-refractivity contribution in [3.05, 3.63) is 58.7 Å². The van der Waals surface area contributed by atoms with Crippen molar-refractivity contribution < 1.29 is 19.0 Å². The van der Waals surface area contributed by atoms with Crippen LogP contribution in [0.3, 0.4) is 0 Å². The molecule has 2 aromatic rings. The molecule has 37 heavy (non-hydrogen) atoms. The van der Waals surface area contributed by atoms with E-state index in [1.807, 2.05) is 19.1 Å². The van der Waals surface area contributed by atoms with Gasteiger partial charge in [-0.05, 0) is 91.9 Å². The van der Waals surface area contributed by atoms with Crippen molar-refractivity contribution in [1.29, 1.82) is 5.41 Å². The van der Waals surface area contributed by atoms with Crippen molar-refractivity contribution in [2.24, 2.45) is 10.1 Å². The molecule has 0 fully saturated rings. The average Bonchev–Trinajstić information content (AvgIpc) is 3.28. The molecular formula is C28H32N4O4S. The fourth-order valence-electron chi connectivity index (χ4n) is 3.94. The lowest BCUT2D eigenvalue weighted by atomic mass is 10.1. The minimum Gasteiger partial charge on any atom is -0.490 e. The Morgan fingerprint density at radius 2 is 1.84 bits per heavy atom. The van der Waals surface area contributed by atoms with Crippen molar-refractivity contribution >= 4 is 39.8 Å². The van der Waals surface area contributed by atoms with Crippen LogP contribution in [0.1, 0.15) is 50.3 Å². The monoisotopic (exact) mass is 520 g/mol. The third kappa shape index (κ3) is 6.40. The zero-order chi connectivity index (χ0) is 26.4. The van der Waals surface area contributed by atoms with E-state index in [0.717, 1.165) is 30.1 Å². The van der Waals surface area contributed by atoms with Gasteiger partial charge in [-0.1, -0.05) is 26.0 Å². The minimum absolute atomic E-state index is 0.0198. The molecule has 0 unspecified atom stereocenters. The van der Waals surface area contributed by atoms with Gasteiger partial charge in [-0.15, -0.1) is 0 Å². The summed E-state index contributed by atoms with van der Waals surface area (Å²) in [6.07, 6.45) is 4.32. The SMILES string of the molecule is CCCC1=NN2C(=N)/C(=C/c3ccc(OCCOc4cc(C)cc(CC)c4)c(OCC)c3)C(=O)N=C2S1. The number of carbonyl (C=O) groups excluding carboxylic acids is 1. The molecular weight excluding hydrogens is 488 g/mol. The summed E-state index contributed by atoms with van der Waals surface area (Å²) in [7, 11) is 0. The fourth-order valence-corrected chi connectivity index (χ4v) is 4.92.